The van der Waals surface area contributed by atoms with Crippen LogP contribution < -0.4 is 5.73 Å². The molecular weight excluding hydrogens is 311 g/mol. The van der Waals surface area contributed by atoms with Gasteiger partial charge in [-0.1, -0.05) is 25.6 Å². The summed E-state index contributed by atoms with van der Waals surface area (Å²) < 4.78 is 40.6. The number of nitrogens with two attached hydrogens (primary N) is 1. The molecule has 1 aromatic rings. The van der Waals surface area contributed by atoms with Gasteiger partial charge in [-0.3, -0.25) is 0 Å². The molecule has 0 saturated heterocycles. The first-order chi connectivity index (χ1) is 9.87. The molecule has 0 radical (unpaired) electrons. The molecule has 7 heteroatoms. The van der Waals surface area contributed by atoms with Crippen LogP contribution in [0.2, 0.25) is 0 Å². The number of unbranched alkanes of at least 4 members (excludes halogenated alkanes) is 1. The molecule has 1 aromatic carbocycles. The van der Waals surface area contributed by atoms with Gasteiger partial charge in [0.1, 0.15) is 10.8 Å². The first kappa shape index (κ1) is 16.3. The Morgan fingerprint density at radius 1 is 1.48 bits per heavy atom. The van der Waals surface area contributed by atoms with Crippen LogP contribution in [-0.4, -0.2) is 30.3 Å². The van der Waals surface area contributed by atoms with Crippen molar-refractivity contribution < 1.29 is 12.8 Å². The Bertz CT molecular complexity index is 642. The zero-order chi connectivity index (χ0) is 15.6. The summed E-state index contributed by atoms with van der Waals surface area (Å²) in [7, 11) is -3.63. The van der Waals surface area contributed by atoms with E-state index in [0.29, 0.717) is 6.54 Å². The fraction of sp³-hybridized carbons (Fsp3) is 0.500. The molecule has 1 aliphatic rings. The number of halogens is 1. The summed E-state index contributed by atoms with van der Waals surface area (Å²) in [6, 6.07) is 3.67. The number of sulfonamides is 1. The van der Waals surface area contributed by atoms with E-state index in [-0.39, 0.29) is 21.5 Å². The van der Waals surface area contributed by atoms with Gasteiger partial charge in [-0.2, -0.15) is 4.31 Å². The fourth-order valence-electron chi connectivity index (χ4n) is 2.16. The zero-order valence-corrected chi connectivity index (χ0v) is 13.5. The molecule has 0 atom stereocenters. The Kier molecular flexibility index (Phi) is 4.95. The highest BCUT2D eigenvalue weighted by molar-refractivity contribution is 7.89. The molecule has 0 aliphatic heterocycles. The van der Waals surface area contributed by atoms with Crippen molar-refractivity contribution in [2.24, 2.45) is 5.73 Å². The first-order valence-corrected chi connectivity index (χ1v) is 8.84. The Morgan fingerprint density at radius 2 is 2.14 bits per heavy atom. The third-order valence-corrected chi connectivity index (χ3v) is 5.66. The molecule has 2 N–H and O–H groups in total. The minimum absolute atomic E-state index is 0.0303. The maximum atomic E-state index is 13.6. The average molecular weight is 330 g/mol. The van der Waals surface area contributed by atoms with Crippen molar-refractivity contribution in [2.45, 2.75) is 43.5 Å². The molecule has 0 unspecified atom stereocenters. The second-order valence-electron chi connectivity index (χ2n) is 5.21. The predicted molar refractivity (Wildman–Crippen MR) is 84.1 cm³/mol. The molecular formula is C14H19FN2O2S2. The van der Waals surface area contributed by atoms with Gasteiger partial charge in [-0.15, -0.1) is 0 Å². The Balaban J connectivity index is 2.37. The maximum Gasteiger partial charge on any atom is 0.243 e. The maximum absolute atomic E-state index is 13.6. The molecule has 2 rings (SSSR count). The van der Waals surface area contributed by atoms with Gasteiger partial charge in [0, 0.05) is 18.2 Å². The Morgan fingerprint density at radius 3 is 2.67 bits per heavy atom. The van der Waals surface area contributed by atoms with E-state index < -0.39 is 15.8 Å². The predicted octanol–water partition coefficient (Wildman–Crippen LogP) is 2.41. The monoisotopic (exact) mass is 330 g/mol. The molecule has 0 aromatic heterocycles. The number of hydrogen-bond acceptors (Lipinski definition) is 3. The van der Waals surface area contributed by atoms with Crippen molar-refractivity contribution >= 4 is 27.2 Å². The van der Waals surface area contributed by atoms with Crippen molar-refractivity contribution in [1.29, 1.82) is 0 Å². The van der Waals surface area contributed by atoms with Crippen LogP contribution in [0.25, 0.3) is 0 Å². The van der Waals surface area contributed by atoms with Crippen molar-refractivity contribution in [2.75, 3.05) is 6.54 Å². The Labute approximate surface area is 130 Å². The van der Waals surface area contributed by atoms with Gasteiger partial charge < -0.3 is 5.73 Å². The van der Waals surface area contributed by atoms with E-state index in [0.717, 1.165) is 31.7 Å². The standard InChI is InChI=1S/C14H19FN2O2S2/c1-2-3-8-17(10-4-5-10)21(18,19)11-6-7-13(15)12(9-11)14(16)20/h6-7,9-10H,2-5,8H2,1H3,(H2,16,20). The molecule has 116 valence electrons. The van der Waals surface area contributed by atoms with Gasteiger partial charge in [0.05, 0.1) is 4.90 Å². The SMILES string of the molecule is CCCCN(C1CC1)S(=O)(=O)c1ccc(F)c(C(N)=S)c1. The minimum atomic E-state index is -3.63. The van der Waals surface area contributed by atoms with E-state index in [1.807, 2.05) is 6.92 Å². The molecule has 0 spiro atoms. The third kappa shape index (κ3) is 3.59. The lowest BCUT2D eigenvalue weighted by Gasteiger charge is -2.22. The average Bonchev–Trinajstić information content (AvgIpc) is 3.23. The number of rotatable bonds is 7. The van der Waals surface area contributed by atoms with Crippen LogP contribution in [0.5, 0.6) is 0 Å². The van der Waals surface area contributed by atoms with Crippen LogP contribution in [0.1, 0.15) is 38.2 Å². The normalized spacial score (nSPS) is 15.4. The lowest BCUT2D eigenvalue weighted by atomic mass is 10.2. The van der Waals surface area contributed by atoms with E-state index in [4.69, 9.17) is 18.0 Å². The summed E-state index contributed by atoms with van der Waals surface area (Å²) >= 11 is 4.76. The van der Waals surface area contributed by atoms with E-state index in [9.17, 15) is 12.8 Å². The smallest absolute Gasteiger partial charge is 0.243 e. The molecule has 1 fully saturated rings. The molecule has 0 heterocycles. The minimum Gasteiger partial charge on any atom is -0.389 e. The summed E-state index contributed by atoms with van der Waals surface area (Å²) in [6.45, 7) is 2.50. The highest BCUT2D eigenvalue weighted by Gasteiger charge is 2.37. The van der Waals surface area contributed by atoms with Crippen molar-refractivity contribution in [1.82, 2.24) is 4.31 Å². The van der Waals surface area contributed by atoms with Gasteiger partial charge in [-0.05, 0) is 37.5 Å². The number of thiocarbonyl (C=S) groups is 1. The molecule has 1 saturated carbocycles. The number of hydrogen-bond donors (Lipinski definition) is 1. The molecule has 1 aliphatic carbocycles. The lowest BCUT2D eigenvalue weighted by Crippen LogP contribution is -2.34. The highest BCUT2D eigenvalue weighted by atomic mass is 32.2. The highest BCUT2D eigenvalue weighted by Crippen LogP contribution is 2.32. The summed E-state index contributed by atoms with van der Waals surface area (Å²) in [5.74, 6) is -0.604. The second kappa shape index (κ2) is 6.37. The van der Waals surface area contributed by atoms with E-state index in [1.54, 1.807) is 0 Å². The van der Waals surface area contributed by atoms with Crippen LogP contribution in [0, 0.1) is 5.82 Å². The van der Waals surface area contributed by atoms with E-state index in [1.165, 1.54) is 16.4 Å². The van der Waals surface area contributed by atoms with Crippen LogP contribution in [-0.2, 0) is 10.0 Å². The van der Waals surface area contributed by atoms with E-state index >= 15 is 0 Å². The van der Waals surface area contributed by atoms with Crippen LogP contribution in [0.3, 0.4) is 0 Å². The molecule has 0 amide bonds. The van der Waals surface area contributed by atoms with Gasteiger partial charge in [0.15, 0.2) is 0 Å². The van der Waals surface area contributed by atoms with Gasteiger partial charge in [0.2, 0.25) is 10.0 Å². The van der Waals surface area contributed by atoms with Gasteiger partial charge >= 0.3 is 0 Å². The van der Waals surface area contributed by atoms with Crippen molar-refractivity contribution in [3.05, 3.63) is 29.6 Å². The molecule has 21 heavy (non-hydrogen) atoms. The number of nitrogens with zero attached hydrogens (tertiary/aromatic N) is 1. The van der Waals surface area contributed by atoms with Crippen molar-refractivity contribution in [3.8, 4) is 0 Å². The van der Waals surface area contributed by atoms with Gasteiger partial charge in [-0.25, -0.2) is 12.8 Å². The fourth-order valence-corrected chi connectivity index (χ4v) is 4.07. The van der Waals surface area contributed by atoms with Crippen LogP contribution >= 0.6 is 12.2 Å². The summed E-state index contributed by atoms with van der Waals surface area (Å²) in [4.78, 5) is -0.0919. The largest absolute Gasteiger partial charge is 0.389 e. The van der Waals surface area contributed by atoms with Crippen LogP contribution in [0.4, 0.5) is 4.39 Å². The number of benzene rings is 1. The zero-order valence-electron chi connectivity index (χ0n) is 11.9. The van der Waals surface area contributed by atoms with Crippen molar-refractivity contribution in [3.63, 3.8) is 0 Å². The molecule has 4 nitrogen and oxygen atoms in total. The lowest BCUT2D eigenvalue weighted by molar-refractivity contribution is 0.395. The van der Waals surface area contributed by atoms with E-state index in [2.05, 4.69) is 0 Å². The Hall–Kier alpha value is -1.05. The second-order valence-corrected chi connectivity index (χ2v) is 7.54. The summed E-state index contributed by atoms with van der Waals surface area (Å²) in [6.07, 6.45) is 3.48. The summed E-state index contributed by atoms with van der Waals surface area (Å²) in [5.41, 5.74) is 5.41. The topological polar surface area (TPSA) is 63.4 Å². The summed E-state index contributed by atoms with van der Waals surface area (Å²) in [5, 5.41) is 0. The third-order valence-electron chi connectivity index (χ3n) is 3.50. The quantitative estimate of drug-likeness (QED) is 0.780. The molecule has 0 bridgehead atoms. The van der Waals surface area contributed by atoms with Crippen LogP contribution in [0.15, 0.2) is 23.1 Å². The first-order valence-electron chi connectivity index (χ1n) is 6.99. The van der Waals surface area contributed by atoms with Gasteiger partial charge in [0.25, 0.3) is 0 Å².